The predicted octanol–water partition coefficient (Wildman–Crippen LogP) is 4.91. The van der Waals surface area contributed by atoms with E-state index < -0.39 is 0 Å². The van der Waals surface area contributed by atoms with Gasteiger partial charge < -0.3 is 15.0 Å². The van der Waals surface area contributed by atoms with Crippen LogP contribution in [0.1, 0.15) is 51.4 Å². The van der Waals surface area contributed by atoms with Crippen LogP contribution in [0.5, 0.6) is 5.75 Å². The predicted molar refractivity (Wildman–Crippen MR) is 139 cm³/mol. The molecular weight excluding hydrogens is 440 g/mol. The van der Waals surface area contributed by atoms with Gasteiger partial charge in [0.2, 0.25) is 11.8 Å². The van der Waals surface area contributed by atoms with E-state index in [0.717, 1.165) is 28.3 Å². The normalized spacial score (nSPS) is 11.4. The first-order valence-electron chi connectivity index (χ1n) is 11.9. The number of methoxy groups -OCH3 is 1. The summed E-state index contributed by atoms with van der Waals surface area (Å²) in [5, 5.41) is 7.80. The summed E-state index contributed by atoms with van der Waals surface area (Å²) in [5.41, 5.74) is 3.49. The van der Waals surface area contributed by atoms with Gasteiger partial charge in [0.1, 0.15) is 18.1 Å². The van der Waals surface area contributed by atoms with Crippen molar-refractivity contribution >= 4 is 17.6 Å². The summed E-state index contributed by atoms with van der Waals surface area (Å²) in [4.78, 5) is 27.8. The lowest BCUT2D eigenvalue weighted by Crippen LogP contribution is -2.43. The molecule has 35 heavy (non-hydrogen) atoms. The maximum absolute atomic E-state index is 13.1. The Morgan fingerprint density at radius 1 is 1.09 bits per heavy atom. The van der Waals surface area contributed by atoms with Gasteiger partial charge in [0.25, 0.3) is 0 Å². The SMILES string of the molecule is COc1ccc(CC(=O)N(CC(=O)Nc2cc(C(C)(C)C)nn2-c2ccccc2C)C(C)C)cc1. The number of para-hydroxylation sites is 1. The smallest absolute Gasteiger partial charge is 0.245 e. The topological polar surface area (TPSA) is 76.5 Å². The fraction of sp³-hybridized carbons (Fsp3) is 0.393. The number of nitrogens with zero attached hydrogens (tertiary/aromatic N) is 3. The molecule has 7 heteroatoms. The van der Waals surface area contributed by atoms with E-state index in [1.165, 1.54) is 0 Å². The van der Waals surface area contributed by atoms with E-state index in [-0.39, 0.29) is 36.2 Å². The average Bonchev–Trinajstić information content (AvgIpc) is 3.22. The van der Waals surface area contributed by atoms with Crippen molar-refractivity contribution in [3.05, 3.63) is 71.4 Å². The minimum Gasteiger partial charge on any atom is -0.497 e. The van der Waals surface area contributed by atoms with E-state index in [4.69, 9.17) is 9.84 Å². The molecule has 0 radical (unpaired) electrons. The zero-order valence-electron chi connectivity index (χ0n) is 21.8. The van der Waals surface area contributed by atoms with Gasteiger partial charge >= 0.3 is 0 Å². The van der Waals surface area contributed by atoms with Crippen LogP contribution in [0.4, 0.5) is 5.82 Å². The highest BCUT2D eigenvalue weighted by molar-refractivity contribution is 5.94. The highest BCUT2D eigenvalue weighted by Gasteiger charge is 2.24. The van der Waals surface area contributed by atoms with Gasteiger partial charge in [-0.1, -0.05) is 51.1 Å². The summed E-state index contributed by atoms with van der Waals surface area (Å²) in [6, 6.07) is 17.1. The molecule has 0 aliphatic carbocycles. The van der Waals surface area contributed by atoms with E-state index in [1.807, 2.05) is 75.4 Å². The number of nitrogens with one attached hydrogen (secondary N) is 1. The number of hydrogen-bond donors (Lipinski definition) is 1. The van der Waals surface area contributed by atoms with Crippen molar-refractivity contribution in [2.24, 2.45) is 0 Å². The Hall–Kier alpha value is -3.61. The van der Waals surface area contributed by atoms with Crippen molar-refractivity contribution in [3.63, 3.8) is 0 Å². The maximum atomic E-state index is 13.1. The molecule has 0 aliphatic heterocycles. The molecule has 7 nitrogen and oxygen atoms in total. The van der Waals surface area contributed by atoms with Crippen LogP contribution in [-0.4, -0.2) is 46.2 Å². The Morgan fingerprint density at radius 2 is 1.74 bits per heavy atom. The fourth-order valence-corrected chi connectivity index (χ4v) is 3.74. The minimum atomic E-state index is -0.267. The molecule has 186 valence electrons. The van der Waals surface area contributed by atoms with E-state index in [2.05, 4.69) is 26.1 Å². The number of aromatic nitrogens is 2. The molecule has 2 aromatic carbocycles. The highest BCUT2D eigenvalue weighted by Crippen LogP contribution is 2.27. The van der Waals surface area contributed by atoms with Gasteiger partial charge in [0.05, 0.1) is 24.9 Å². The second kappa shape index (κ2) is 10.8. The van der Waals surface area contributed by atoms with Crippen LogP contribution in [-0.2, 0) is 21.4 Å². The van der Waals surface area contributed by atoms with Gasteiger partial charge in [-0.25, -0.2) is 4.68 Å². The number of ether oxygens (including phenoxy) is 1. The molecule has 0 bridgehead atoms. The molecular formula is C28H36N4O3. The van der Waals surface area contributed by atoms with Gasteiger partial charge in [-0.2, -0.15) is 5.10 Å². The van der Waals surface area contributed by atoms with E-state index in [1.54, 1.807) is 16.7 Å². The van der Waals surface area contributed by atoms with Crippen LogP contribution in [0.25, 0.3) is 5.69 Å². The first kappa shape index (κ1) is 26.0. The molecule has 3 aromatic rings. The Kier molecular flexibility index (Phi) is 7.99. The largest absolute Gasteiger partial charge is 0.497 e. The Balaban J connectivity index is 1.80. The van der Waals surface area contributed by atoms with Gasteiger partial charge in [-0.05, 0) is 50.1 Å². The van der Waals surface area contributed by atoms with Gasteiger partial charge in [0, 0.05) is 17.5 Å². The van der Waals surface area contributed by atoms with Crippen LogP contribution in [0.15, 0.2) is 54.6 Å². The maximum Gasteiger partial charge on any atom is 0.245 e. The zero-order chi connectivity index (χ0) is 25.8. The Labute approximate surface area is 208 Å². The van der Waals surface area contributed by atoms with E-state index in [9.17, 15) is 9.59 Å². The lowest BCUT2D eigenvalue weighted by Gasteiger charge is -2.26. The third kappa shape index (κ3) is 6.50. The molecule has 0 saturated carbocycles. The van der Waals surface area contributed by atoms with Crippen molar-refractivity contribution in [2.75, 3.05) is 19.0 Å². The van der Waals surface area contributed by atoms with Crippen molar-refractivity contribution in [2.45, 2.75) is 59.4 Å². The number of carbonyl (C=O) groups excluding carboxylic acids is 2. The number of amides is 2. The molecule has 0 aliphatic rings. The van der Waals surface area contributed by atoms with Gasteiger partial charge in [-0.3, -0.25) is 9.59 Å². The second-order valence-corrected chi connectivity index (χ2v) is 10.1. The van der Waals surface area contributed by atoms with Crippen LogP contribution >= 0.6 is 0 Å². The highest BCUT2D eigenvalue weighted by atomic mass is 16.5. The standard InChI is InChI=1S/C28H36N4O3/c1-19(2)31(27(34)16-21-12-14-22(35-7)15-13-21)18-26(33)29-25-17-24(28(4,5)6)30-32(25)23-11-9-8-10-20(23)3/h8-15,17,19H,16,18H2,1-7H3,(H,29,33). The quantitative estimate of drug-likeness (QED) is 0.501. The summed E-state index contributed by atoms with van der Waals surface area (Å²) in [6.45, 7) is 12.0. The molecule has 1 aromatic heterocycles. The van der Waals surface area contributed by atoms with Crippen molar-refractivity contribution in [3.8, 4) is 11.4 Å². The number of hydrogen-bond acceptors (Lipinski definition) is 4. The first-order chi connectivity index (χ1) is 16.5. The number of aryl methyl sites for hydroxylation is 1. The average molecular weight is 477 g/mol. The number of rotatable bonds is 8. The number of benzene rings is 2. The summed E-state index contributed by atoms with van der Waals surface area (Å²) in [7, 11) is 1.61. The molecule has 1 heterocycles. The molecule has 3 rings (SSSR count). The van der Waals surface area contributed by atoms with E-state index >= 15 is 0 Å². The lowest BCUT2D eigenvalue weighted by molar-refractivity contribution is -0.135. The summed E-state index contributed by atoms with van der Waals surface area (Å²) in [6.07, 6.45) is 0.213. The molecule has 0 unspecified atom stereocenters. The monoisotopic (exact) mass is 476 g/mol. The third-order valence-electron chi connectivity index (χ3n) is 5.86. The Bertz CT molecular complexity index is 1170. The van der Waals surface area contributed by atoms with Gasteiger partial charge in [-0.15, -0.1) is 0 Å². The summed E-state index contributed by atoms with van der Waals surface area (Å²) < 4.78 is 6.96. The van der Waals surface area contributed by atoms with Crippen LogP contribution in [0.3, 0.4) is 0 Å². The Morgan fingerprint density at radius 3 is 2.31 bits per heavy atom. The van der Waals surface area contributed by atoms with Crippen LogP contribution in [0.2, 0.25) is 0 Å². The first-order valence-corrected chi connectivity index (χ1v) is 11.9. The van der Waals surface area contributed by atoms with Crippen LogP contribution < -0.4 is 10.1 Å². The van der Waals surface area contributed by atoms with Crippen LogP contribution in [0, 0.1) is 6.92 Å². The minimum absolute atomic E-state index is 0.0452. The summed E-state index contributed by atoms with van der Waals surface area (Å²) in [5.74, 6) is 0.946. The number of anilines is 1. The van der Waals surface area contributed by atoms with Crippen molar-refractivity contribution < 1.29 is 14.3 Å². The molecule has 2 amide bonds. The lowest BCUT2D eigenvalue weighted by atomic mass is 9.92. The second-order valence-electron chi connectivity index (χ2n) is 10.1. The molecule has 0 saturated heterocycles. The molecule has 1 N–H and O–H groups in total. The zero-order valence-corrected chi connectivity index (χ0v) is 21.8. The molecule has 0 atom stereocenters. The van der Waals surface area contributed by atoms with E-state index in [0.29, 0.717) is 5.82 Å². The summed E-state index contributed by atoms with van der Waals surface area (Å²) >= 11 is 0. The molecule has 0 fully saturated rings. The van der Waals surface area contributed by atoms with Gasteiger partial charge in [0.15, 0.2) is 0 Å². The third-order valence-corrected chi connectivity index (χ3v) is 5.86. The molecule has 0 spiro atoms. The van der Waals surface area contributed by atoms with Crippen molar-refractivity contribution in [1.29, 1.82) is 0 Å². The van der Waals surface area contributed by atoms with Crippen molar-refractivity contribution in [1.82, 2.24) is 14.7 Å². The fourth-order valence-electron chi connectivity index (χ4n) is 3.74. The number of carbonyl (C=O) groups is 2.